The third-order valence-corrected chi connectivity index (χ3v) is 5.75. The van der Waals surface area contributed by atoms with Crippen LogP contribution in [0, 0.1) is 6.92 Å². The number of carbonyl (C=O) groups is 1. The van der Waals surface area contributed by atoms with E-state index < -0.39 is 16.9 Å². The van der Waals surface area contributed by atoms with Gasteiger partial charge in [-0.3, -0.25) is 9.48 Å². The molecule has 0 unspecified atom stereocenters. The van der Waals surface area contributed by atoms with Crippen LogP contribution >= 0.6 is 11.6 Å². The minimum Gasteiger partial charge on any atom is -0.497 e. The molecule has 1 aliphatic heterocycles. The number of hydrogen-bond acceptors (Lipinski definition) is 5. The van der Waals surface area contributed by atoms with Gasteiger partial charge in [-0.25, -0.2) is 4.98 Å². The molecule has 1 aromatic carbocycles. The summed E-state index contributed by atoms with van der Waals surface area (Å²) >= 11 is 5.75. The van der Waals surface area contributed by atoms with Gasteiger partial charge in [-0.05, 0) is 19.1 Å². The van der Waals surface area contributed by atoms with Crippen LogP contribution in [0.4, 0.5) is 19.1 Å². The largest absolute Gasteiger partial charge is 0.497 e. The van der Waals surface area contributed by atoms with Crippen LogP contribution in [-0.4, -0.2) is 63.8 Å². The molecule has 3 aromatic rings. The first-order valence-electron chi connectivity index (χ1n) is 9.54. The van der Waals surface area contributed by atoms with Crippen LogP contribution in [0.1, 0.15) is 11.4 Å². The van der Waals surface area contributed by atoms with Gasteiger partial charge in [0.05, 0.1) is 28.9 Å². The van der Waals surface area contributed by atoms with Crippen molar-refractivity contribution in [1.29, 1.82) is 0 Å². The fourth-order valence-corrected chi connectivity index (χ4v) is 3.75. The number of H-pyrrole nitrogens is 1. The Morgan fingerprint density at radius 1 is 1.26 bits per heavy atom. The number of fused-ring (bicyclic) bond motifs is 1. The number of carbonyl (C=O) groups excluding carboxylic acids is 1. The summed E-state index contributed by atoms with van der Waals surface area (Å²) in [5, 5.41) is 3.01. The van der Waals surface area contributed by atoms with Gasteiger partial charge in [-0.2, -0.15) is 18.3 Å². The van der Waals surface area contributed by atoms with E-state index in [2.05, 4.69) is 15.1 Å². The Morgan fingerprint density at radius 2 is 1.97 bits per heavy atom. The number of nitrogens with one attached hydrogen (secondary N) is 1. The number of alkyl halides is 3. The van der Waals surface area contributed by atoms with Gasteiger partial charge in [0, 0.05) is 32.2 Å². The number of hydrogen-bond donors (Lipinski definition) is 1. The number of aromatic nitrogens is 4. The normalized spacial score (nSPS) is 15.0. The van der Waals surface area contributed by atoms with Crippen molar-refractivity contribution in [3.63, 3.8) is 0 Å². The van der Waals surface area contributed by atoms with E-state index >= 15 is 0 Å². The highest BCUT2D eigenvalue weighted by molar-refractivity contribution is 6.32. The SMILES string of the molecule is COc1ccc2nc(N3CCN(C(=O)Cn4nc(C(F)(F)F)c(Cl)c4C)CC3)[nH]c2c1. The van der Waals surface area contributed by atoms with Gasteiger partial charge in [0.2, 0.25) is 11.9 Å². The molecule has 0 atom stereocenters. The maximum Gasteiger partial charge on any atom is 0.436 e. The van der Waals surface area contributed by atoms with Gasteiger partial charge in [0.15, 0.2) is 5.69 Å². The fourth-order valence-electron chi connectivity index (χ4n) is 3.51. The van der Waals surface area contributed by atoms with Crippen LogP contribution in [0.3, 0.4) is 0 Å². The molecule has 8 nitrogen and oxygen atoms in total. The lowest BCUT2D eigenvalue weighted by molar-refractivity contribution is -0.142. The van der Waals surface area contributed by atoms with Gasteiger partial charge in [-0.15, -0.1) is 0 Å². The Labute approximate surface area is 180 Å². The van der Waals surface area contributed by atoms with Crippen LogP contribution < -0.4 is 9.64 Å². The number of aromatic amines is 1. The fraction of sp³-hybridized carbons (Fsp3) is 0.421. The zero-order chi connectivity index (χ0) is 22.3. The molecule has 1 aliphatic rings. The summed E-state index contributed by atoms with van der Waals surface area (Å²) in [5.41, 5.74) is 0.588. The third kappa shape index (κ3) is 4.14. The second kappa shape index (κ2) is 7.95. The lowest BCUT2D eigenvalue weighted by atomic mass is 10.3. The van der Waals surface area contributed by atoms with E-state index in [0.717, 1.165) is 21.5 Å². The molecular formula is C19H20ClF3N6O2. The number of halogens is 4. The van der Waals surface area contributed by atoms with E-state index in [4.69, 9.17) is 16.3 Å². The number of amides is 1. The number of nitrogens with zero attached hydrogens (tertiary/aromatic N) is 5. The molecule has 12 heteroatoms. The predicted octanol–water partition coefficient (Wildman–Crippen LogP) is 3.10. The van der Waals surface area contributed by atoms with Crippen molar-refractivity contribution >= 4 is 34.5 Å². The smallest absolute Gasteiger partial charge is 0.436 e. The Balaban J connectivity index is 1.40. The number of methoxy groups -OCH3 is 1. The van der Waals surface area contributed by atoms with E-state index in [1.165, 1.54) is 6.92 Å². The number of ether oxygens (including phenoxy) is 1. The number of imidazole rings is 1. The topological polar surface area (TPSA) is 79.3 Å². The maximum atomic E-state index is 13.0. The molecule has 166 valence electrons. The molecule has 1 saturated heterocycles. The van der Waals surface area contributed by atoms with Crippen molar-refractivity contribution < 1.29 is 22.7 Å². The van der Waals surface area contributed by atoms with Gasteiger partial charge < -0.3 is 19.5 Å². The molecule has 0 saturated carbocycles. The Hall–Kier alpha value is -2.95. The first kappa shape index (κ1) is 21.3. The van der Waals surface area contributed by atoms with Crippen molar-refractivity contribution in [3.05, 3.63) is 34.6 Å². The van der Waals surface area contributed by atoms with Gasteiger partial charge >= 0.3 is 6.18 Å². The molecule has 1 amide bonds. The standard InChI is InChI=1S/C19H20ClF3N6O2/c1-11-16(20)17(19(21,22)23)26-29(11)10-15(30)27-5-7-28(8-6-27)18-24-13-4-3-12(31-2)9-14(13)25-18/h3-4,9H,5-8,10H2,1-2H3,(H,24,25). The average molecular weight is 457 g/mol. The molecule has 4 rings (SSSR count). The van der Waals surface area contributed by atoms with E-state index in [-0.39, 0.29) is 18.1 Å². The molecule has 0 radical (unpaired) electrons. The maximum absolute atomic E-state index is 13.0. The summed E-state index contributed by atoms with van der Waals surface area (Å²) in [6, 6.07) is 5.55. The molecule has 1 fully saturated rings. The average Bonchev–Trinajstić information content (AvgIpc) is 3.29. The van der Waals surface area contributed by atoms with Crippen molar-refractivity contribution in [2.24, 2.45) is 0 Å². The summed E-state index contributed by atoms with van der Waals surface area (Å²) in [6.07, 6.45) is -4.67. The highest BCUT2D eigenvalue weighted by atomic mass is 35.5. The van der Waals surface area contributed by atoms with Crippen LogP contribution in [0.2, 0.25) is 5.02 Å². The summed E-state index contributed by atoms with van der Waals surface area (Å²) in [7, 11) is 1.59. The van der Waals surface area contributed by atoms with E-state index in [1.807, 2.05) is 23.1 Å². The van der Waals surface area contributed by atoms with E-state index in [0.29, 0.717) is 32.1 Å². The van der Waals surface area contributed by atoms with Crippen LogP contribution in [-0.2, 0) is 17.5 Å². The number of piperazine rings is 1. The quantitative estimate of drug-likeness (QED) is 0.652. The zero-order valence-corrected chi connectivity index (χ0v) is 17.6. The van der Waals surface area contributed by atoms with Crippen molar-refractivity contribution in [3.8, 4) is 5.75 Å². The zero-order valence-electron chi connectivity index (χ0n) is 16.8. The molecule has 3 heterocycles. The van der Waals surface area contributed by atoms with Gasteiger partial charge in [0.25, 0.3) is 0 Å². The monoisotopic (exact) mass is 456 g/mol. The lowest BCUT2D eigenvalue weighted by Gasteiger charge is -2.34. The first-order valence-corrected chi connectivity index (χ1v) is 9.91. The Kier molecular flexibility index (Phi) is 5.46. The molecule has 0 aliphatic carbocycles. The van der Waals surface area contributed by atoms with Crippen LogP contribution in [0.5, 0.6) is 5.75 Å². The van der Waals surface area contributed by atoms with E-state index in [9.17, 15) is 18.0 Å². The molecular weight excluding hydrogens is 437 g/mol. The van der Waals surface area contributed by atoms with Crippen molar-refractivity contribution in [1.82, 2.24) is 24.6 Å². The highest BCUT2D eigenvalue weighted by Crippen LogP contribution is 2.35. The molecule has 2 aromatic heterocycles. The summed E-state index contributed by atoms with van der Waals surface area (Å²) in [5.74, 6) is 1.10. The number of anilines is 1. The van der Waals surface area contributed by atoms with Gasteiger partial charge in [0.1, 0.15) is 12.3 Å². The minimum atomic E-state index is -4.67. The molecule has 1 N–H and O–H groups in total. The van der Waals surface area contributed by atoms with E-state index in [1.54, 1.807) is 12.0 Å². The summed E-state index contributed by atoms with van der Waals surface area (Å²) in [6.45, 7) is 3.02. The second-order valence-corrected chi connectivity index (χ2v) is 7.59. The number of rotatable bonds is 4. The minimum absolute atomic E-state index is 0.110. The predicted molar refractivity (Wildman–Crippen MR) is 108 cm³/mol. The molecule has 31 heavy (non-hydrogen) atoms. The third-order valence-electron chi connectivity index (χ3n) is 5.30. The van der Waals surface area contributed by atoms with Crippen LogP contribution in [0.15, 0.2) is 18.2 Å². The second-order valence-electron chi connectivity index (χ2n) is 7.21. The highest BCUT2D eigenvalue weighted by Gasteiger charge is 2.38. The first-order chi connectivity index (χ1) is 14.7. The van der Waals surface area contributed by atoms with Gasteiger partial charge in [-0.1, -0.05) is 11.6 Å². The summed E-state index contributed by atoms with van der Waals surface area (Å²) < 4.78 is 45.2. The van der Waals surface area contributed by atoms with Crippen LogP contribution in [0.25, 0.3) is 11.0 Å². The molecule has 0 bridgehead atoms. The summed E-state index contributed by atoms with van der Waals surface area (Å²) in [4.78, 5) is 24.1. The molecule has 0 spiro atoms. The Bertz CT molecular complexity index is 1120. The van der Waals surface area contributed by atoms with Crippen molar-refractivity contribution in [2.45, 2.75) is 19.6 Å². The van der Waals surface area contributed by atoms with Crippen molar-refractivity contribution in [2.75, 3.05) is 38.2 Å². The number of benzene rings is 1. The lowest BCUT2D eigenvalue weighted by Crippen LogP contribution is -2.50. The Morgan fingerprint density at radius 3 is 2.58 bits per heavy atom.